The third kappa shape index (κ3) is 2.69. The van der Waals surface area contributed by atoms with Gasteiger partial charge in [0.2, 0.25) is 5.91 Å². The number of piperidine rings is 1. The first kappa shape index (κ1) is 14.2. The molecule has 0 aromatic carbocycles. The summed E-state index contributed by atoms with van der Waals surface area (Å²) in [6.07, 6.45) is 5.86. The van der Waals surface area contributed by atoms with Gasteiger partial charge in [-0.25, -0.2) is 0 Å². The number of hydrogen-bond donors (Lipinski definition) is 2. The first-order chi connectivity index (χ1) is 10.7. The number of carbonyl (C=O) groups is 3. The fourth-order valence-corrected chi connectivity index (χ4v) is 2.61. The van der Waals surface area contributed by atoms with Crippen molar-refractivity contribution in [2.75, 3.05) is 6.54 Å². The van der Waals surface area contributed by atoms with E-state index in [0.717, 1.165) is 16.9 Å². The molecular formula is C15H16N4O3. The second-order valence-corrected chi connectivity index (χ2v) is 5.24. The lowest BCUT2D eigenvalue weighted by atomic mass is 10.1. The number of nitrogens with zero attached hydrogens (tertiary/aromatic N) is 2. The van der Waals surface area contributed by atoms with Gasteiger partial charge in [-0.1, -0.05) is 6.07 Å². The molecule has 1 fully saturated rings. The van der Waals surface area contributed by atoms with Crippen LogP contribution in [0.15, 0.2) is 36.3 Å². The van der Waals surface area contributed by atoms with Crippen LogP contribution in [0.1, 0.15) is 18.4 Å². The second-order valence-electron chi connectivity index (χ2n) is 5.24. The van der Waals surface area contributed by atoms with Crippen LogP contribution in [0, 0.1) is 0 Å². The Balaban J connectivity index is 1.67. The highest BCUT2D eigenvalue weighted by Crippen LogP contribution is 2.19. The van der Waals surface area contributed by atoms with E-state index in [9.17, 15) is 14.4 Å². The van der Waals surface area contributed by atoms with E-state index in [4.69, 9.17) is 0 Å². The SMILES string of the molecule is O=C1NCCCC1N1C(=O)C=C(NCc2cccnc2)C1=O. The van der Waals surface area contributed by atoms with Crippen LogP contribution in [0.2, 0.25) is 0 Å². The molecule has 0 saturated carbocycles. The number of aromatic nitrogens is 1. The molecule has 2 N–H and O–H groups in total. The van der Waals surface area contributed by atoms with Gasteiger partial charge in [-0.2, -0.15) is 0 Å². The Morgan fingerprint density at radius 2 is 2.23 bits per heavy atom. The van der Waals surface area contributed by atoms with Crippen LogP contribution in [0.4, 0.5) is 0 Å². The Hall–Kier alpha value is -2.70. The zero-order chi connectivity index (χ0) is 15.5. The third-order valence-corrected chi connectivity index (χ3v) is 3.73. The molecule has 114 valence electrons. The van der Waals surface area contributed by atoms with Crippen LogP contribution in [-0.2, 0) is 20.9 Å². The molecule has 1 unspecified atom stereocenters. The molecule has 0 aliphatic carbocycles. The summed E-state index contributed by atoms with van der Waals surface area (Å²) in [6.45, 7) is 0.981. The molecule has 0 spiro atoms. The normalized spacial score (nSPS) is 21.6. The molecule has 1 aromatic rings. The van der Waals surface area contributed by atoms with E-state index in [1.165, 1.54) is 6.08 Å². The predicted octanol–water partition coefficient (Wildman–Crippen LogP) is -0.297. The Morgan fingerprint density at radius 1 is 1.36 bits per heavy atom. The monoisotopic (exact) mass is 300 g/mol. The number of carbonyl (C=O) groups excluding carboxylic acids is 3. The number of nitrogens with one attached hydrogen (secondary N) is 2. The summed E-state index contributed by atoms with van der Waals surface area (Å²) in [7, 11) is 0. The minimum Gasteiger partial charge on any atom is -0.376 e. The summed E-state index contributed by atoms with van der Waals surface area (Å²) in [6, 6.07) is 2.96. The van der Waals surface area contributed by atoms with E-state index in [1.54, 1.807) is 18.5 Å². The van der Waals surface area contributed by atoms with Gasteiger partial charge in [0.25, 0.3) is 11.8 Å². The van der Waals surface area contributed by atoms with Crippen molar-refractivity contribution in [1.29, 1.82) is 0 Å². The Morgan fingerprint density at radius 3 is 2.95 bits per heavy atom. The van der Waals surface area contributed by atoms with Gasteiger partial charge in [0, 0.05) is 31.6 Å². The molecular weight excluding hydrogens is 284 g/mol. The molecule has 3 amide bonds. The topological polar surface area (TPSA) is 91.4 Å². The maximum atomic E-state index is 12.4. The average Bonchev–Trinajstić information content (AvgIpc) is 2.81. The molecule has 22 heavy (non-hydrogen) atoms. The van der Waals surface area contributed by atoms with Gasteiger partial charge in [0.1, 0.15) is 11.7 Å². The lowest BCUT2D eigenvalue weighted by Gasteiger charge is -2.28. The fourth-order valence-electron chi connectivity index (χ4n) is 2.61. The Kier molecular flexibility index (Phi) is 3.86. The number of pyridine rings is 1. The maximum absolute atomic E-state index is 12.4. The summed E-state index contributed by atoms with van der Waals surface area (Å²) < 4.78 is 0. The van der Waals surface area contributed by atoms with Gasteiger partial charge in [-0.3, -0.25) is 24.3 Å². The molecule has 1 atom stereocenters. The first-order valence-corrected chi connectivity index (χ1v) is 7.16. The van der Waals surface area contributed by atoms with Crippen LogP contribution in [0.25, 0.3) is 0 Å². The molecule has 2 aliphatic heterocycles. The molecule has 0 bridgehead atoms. The highest BCUT2D eigenvalue weighted by molar-refractivity contribution is 6.17. The standard InChI is InChI=1S/C15H16N4O3/c20-13-7-11(18-9-10-3-1-5-16-8-10)15(22)19(13)12-4-2-6-17-14(12)21/h1,3,5,7-8,12,18H,2,4,6,9H2,(H,17,21). The third-order valence-electron chi connectivity index (χ3n) is 3.73. The van der Waals surface area contributed by atoms with Gasteiger partial charge in [0.15, 0.2) is 0 Å². The van der Waals surface area contributed by atoms with E-state index in [0.29, 0.717) is 19.5 Å². The van der Waals surface area contributed by atoms with Crippen molar-refractivity contribution in [3.8, 4) is 0 Å². The summed E-state index contributed by atoms with van der Waals surface area (Å²) in [4.78, 5) is 41.3. The lowest BCUT2D eigenvalue weighted by Crippen LogP contribution is -2.53. The molecule has 3 rings (SSSR count). The smallest absolute Gasteiger partial charge is 0.277 e. The number of amides is 3. The zero-order valence-corrected chi connectivity index (χ0v) is 11.9. The molecule has 2 aliphatic rings. The average molecular weight is 300 g/mol. The molecule has 1 aromatic heterocycles. The number of hydrogen-bond acceptors (Lipinski definition) is 5. The van der Waals surface area contributed by atoms with Crippen molar-refractivity contribution < 1.29 is 14.4 Å². The Labute approximate surface area is 127 Å². The van der Waals surface area contributed by atoms with Crippen LogP contribution >= 0.6 is 0 Å². The van der Waals surface area contributed by atoms with Crippen molar-refractivity contribution in [2.24, 2.45) is 0 Å². The number of imide groups is 1. The molecule has 7 heteroatoms. The van der Waals surface area contributed by atoms with Gasteiger partial charge in [-0.15, -0.1) is 0 Å². The van der Waals surface area contributed by atoms with Gasteiger partial charge < -0.3 is 10.6 Å². The minimum absolute atomic E-state index is 0.215. The van der Waals surface area contributed by atoms with Crippen molar-refractivity contribution in [3.63, 3.8) is 0 Å². The van der Waals surface area contributed by atoms with Crippen molar-refractivity contribution in [3.05, 3.63) is 41.9 Å². The van der Waals surface area contributed by atoms with Crippen molar-refractivity contribution in [2.45, 2.75) is 25.4 Å². The second kappa shape index (κ2) is 5.97. The minimum atomic E-state index is -0.706. The van der Waals surface area contributed by atoms with Gasteiger partial charge in [-0.05, 0) is 24.5 Å². The van der Waals surface area contributed by atoms with Gasteiger partial charge in [0.05, 0.1) is 0 Å². The summed E-state index contributed by atoms with van der Waals surface area (Å²) >= 11 is 0. The molecule has 3 heterocycles. The van der Waals surface area contributed by atoms with Gasteiger partial charge >= 0.3 is 0 Å². The highest BCUT2D eigenvalue weighted by Gasteiger charge is 2.40. The van der Waals surface area contributed by atoms with Crippen molar-refractivity contribution in [1.82, 2.24) is 20.5 Å². The maximum Gasteiger partial charge on any atom is 0.277 e. The van der Waals surface area contributed by atoms with Crippen LogP contribution < -0.4 is 10.6 Å². The quantitative estimate of drug-likeness (QED) is 0.745. The predicted molar refractivity (Wildman–Crippen MR) is 77.0 cm³/mol. The first-order valence-electron chi connectivity index (χ1n) is 7.16. The number of rotatable bonds is 4. The van der Waals surface area contributed by atoms with Crippen LogP contribution in [0.5, 0.6) is 0 Å². The molecule has 0 radical (unpaired) electrons. The zero-order valence-electron chi connectivity index (χ0n) is 11.9. The van der Waals surface area contributed by atoms with Crippen molar-refractivity contribution >= 4 is 17.7 Å². The molecule has 1 saturated heterocycles. The van der Waals surface area contributed by atoms with Crippen LogP contribution in [0.3, 0.4) is 0 Å². The van der Waals surface area contributed by atoms with E-state index < -0.39 is 17.9 Å². The van der Waals surface area contributed by atoms with E-state index in [2.05, 4.69) is 15.6 Å². The molecule has 7 nitrogen and oxygen atoms in total. The fraction of sp³-hybridized carbons (Fsp3) is 0.333. The van der Waals surface area contributed by atoms with E-state index >= 15 is 0 Å². The highest BCUT2D eigenvalue weighted by atomic mass is 16.2. The summed E-state index contributed by atoms with van der Waals surface area (Å²) in [5, 5.41) is 5.63. The van der Waals surface area contributed by atoms with E-state index in [-0.39, 0.29) is 11.6 Å². The lowest BCUT2D eigenvalue weighted by molar-refractivity contribution is -0.147. The van der Waals surface area contributed by atoms with E-state index in [1.807, 2.05) is 6.07 Å². The largest absolute Gasteiger partial charge is 0.376 e. The Bertz CT molecular complexity index is 641. The summed E-state index contributed by atoms with van der Waals surface area (Å²) in [5.74, 6) is -1.16. The van der Waals surface area contributed by atoms with Crippen LogP contribution in [-0.4, -0.2) is 40.2 Å². The summed E-state index contributed by atoms with van der Waals surface area (Å²) in [5.41, 5.74) is 1.12.